The number of carbonyl (C=O) groups excluding carboxylic acids is 2. The fourth-order valence-electron chi connectivity index (χ4n) is 2.92. The zero-order chi connectivity index (χ0) is 19.2. The molecule has 0 bridgehead atoms. The van der Waals surface area contributed by atoms with E-state index in [9.17, 15) is 9.59 Å². The molecule has 0 saturated carbocycles. The maximum atomic E-state index is 12.2. The Hall–Kier alpha value is -2.53. The monoisotopic (exact) mass is 386 g/mol. The summed E-state index contributed by atoms with van der Waals surface area (Å²) in [6, 6.07) is 14.4. The highest BCUT2D eigenvalue weighted by molar-refractivity contribution is 6.39. The van der Waals surface area contributed by atoms with Crippen LogP contribution in [0.3, 0.4) is 0 Å². The number of nitrogens with one attached hydrogen (secondary N) is 1. The Balaban J connectivity index is 1.50. The minimum absolute atomic E-state index is 0.425. The normalized spacial score (nSPS) is 14.7. The Bertz CT molecular complexity index is 782. The van der Waals surface area contributed by atoms with Gasteiger partial charge in [-0.15, -0.1) is 0 Å². The molecule has 0 radical (unpaired) electrons. The zero-order valence-corrected chi connectivity index (χ0v) is 16.0. The van der Waals surface area contributed by atoms with Crippen LogP contribution < -0.4 is 10.1 Å². The average Bonchev–Trinajstić information content (AvgIpc) is 2.68. The first kappa shape index (κ1) is 19.2. The minimum Gasteiger partial charge on any atom is -0.489 e. The minimum atomic E-state index is -0.598. The SMILES string of the molecule is CC1CCN(C(=O)C(=O)Nc2ccc(OCc3ccc(Cl)cc3)cc2)CC1. The second-order valence-electron chi connectivity index (χ2n) is 6.87. The van der Waals surface area contributed by atoms with Crippen molar-refractivity contribution in [2.45, 2.75) is 26.4 Å². The molecule has 2 amide bonds. The van der Waals surface area contributed by atoms with Crippen molar-refractivity contribution in [2.75, 3.05) is 18.4 Å². The van der Waals surface area contributed by atoms with Crippen LogP contribution in [-0.2, 0) is 16.2 Å². The quantitative estimate of drug-likeness (QED) is 0.804. The first-order valence-electron chi connectivity index (χ1n) is 9.09. The molecule has 3 rings (SSSR count). The van der Waals surface area contributed by atoms with Gasteiger partial charge in [-0.2, -0.15) is 0 Å². The standard InChI is InChI=1S/C21H23ClN2O3/c1-15-10-12-24(13-11-15)21(26)20(25)23-18-6-8-19(9-7-18)27-14-16-2-4-17(22)5-3-16/h2-9,15H,10-14H2,1H3,(H,23,25). The van der Waals surface area contributed by atoms with Crippen LogP contribution >= 0.6 is 11.6 Å². The second kappa shape index (κ2) is 8.91. The van der Waals surface area contributed by atoms with E-state index >= 15 is 0 Å². The number of carbonyl (C=O) groups is 2. The van der Waals surface area contributed by atoms with Crippen molar-refractivity contribution in [3.05, 3.63) is 59.1 Å². The molecule has 0 unspecified atom stereocenters. The largest absolute Gasteiger partial charge is 0.489 e. The third-order valence-corrected chi connectivity index (χ3v) is 4.95. The van der Waals surface area contributed by atoms with Gasteiger partial charge in [0, 0.05) is 23.8 Å². The van der Waals surface area contributed by atoms with Crippen molar-refractivity contribution < 1.29 is 14.3 Å². The van der Waals surface area contributed by atoms with E-state index in [2.05, 4.69) is 12.2 Å². The molecule has 1 aliphatic heterocycles. The van der Waals surface area contributed by atoms with Crippen LogP contribution in [0.4, 0.5) is 5.69 Å². The number of hydrogen-bond donors (Lipinski definition) is 1. The lowest BCUT2D eigenvalue weighted by atomic mass is 9.99. The molecular formula is C21H23ClN2O3. The van der Waals surface area contributed by atoms with E-state index in [-0.39, 0.29) is 0 Å². The number of ether oxygens (including phenoxy) is 1. The lowest BCUT2D eigenvalue weighted by Gasteiger charge is -2.29. The Kier molecular flexibility index (Phi) is 6.35. The Morgan fingerprint density at radius 1 is 1.07 bits per heavy atom. The van der Waals surface area contributed by atoms with Gasteiger partial charge in [-0.25, -0.2) is 0 Å². The van der Waals surface area contributed by atoms with Crippen LogP contribution in [0.25, 0.3) is 0 Å². The maximum absolute atomic E-state index is 12.2. The molecule has 0 atom stereocenters. The summed E-state index contributed by atoms with van der Waals surface area (Å²) in [7, 11) is 0. The lowest BCUT2D eigenvalue weighted by molar-refractivity contribution is -0.144. The van der Waals surface area contributed by atoms with Gasteiger partial charge in [-0.3, -0.25) is 9.59 Å². The van der Waals surface area contributed by atoms with Crippen molar-refractivity contribution in [2.24, 2.45) is 5.92 Å². The summed E-state index contributed by atoms with van der Waals surface area (Å²) in [5, 5.41) is 3.34. The van der Waals surface area contributed by atoms with E-state index in [1.54, 1.807) is 29.2 Å². The van der Waals surface area contributed by atoms with E-state index in [4.69, 9.17) is 16.3 Å². The molecule has 2 aromatic rings. The first-order valence-corrected chi connectivity index (χ1v) is 9.46. The molecule has 1 heterocycles. The number of halogens is 1. The highest BCUT2D eigenvalue weighted by Crippen LogP contribution is 2.19. The van der Waals surface area contributed by atoms with Crippen molar-refractivity contribution >= 4 is 29.1 Å². The molecule has 27 heavy (non-hydrogen) atoms. The molecule has 1 saturated heterocycles. The van der Waals surface area contributed by atoms with E-state index in [1.807, 2.05) is 24.3 Å². The van der Waals surface area contributed by atoms with Gasteiger partial charge in [0.2, 0.25) is 0 Å². The number of likely N-dealkylation sites (tertiary alicyclic amines) is 1. The summed E-state index contributed by atoms with van der Waals surface area (Å²) in [6.45, 7) is 3.88. The van der Waals surface area contributed by atoms with Crippen LogP contribution in [0.2, 0.25) is 5.02 Å². The van der Waals surface area contributed by atoms with Gasteiger partial charge >= 0.3 is 11.8 Å². The predicted molar refractivity (Wildman–Crippen MR) is 106 cm³/mol. The molecule has 0 spiro atoms. The molecule has 0 aliphatic carbocycles. The van der Waals surface area contributed by atoms with Gasteiger partial charge in [-0.1, -0.05) is 30.7 Å². The van der Waals surface area contributed by atoms with Gasteiger partial charge in [-0.05, 0) is 60.7 Å². The van der Waals surface area contributed by atoms with Crippen LogP contribution in [0.1, 0.15) is 25.3 Å². The van der Waals surface area contributed by atoms with Gasteiger partial charge in [0.25, 0.3) is 0 Å². The fourth-order valence-corrected chi connectivity index (χ4v) is 3.05. The third kappa shape index (κ3) is 5.47. The third-order valence-electron chi connectivity index (χ3n) is 4.70. The van der Waals surface area contributed by atoms with E-state index in [1.165, 1.54) is 0 Å². The molecule has 5 nitrogen and oxygen atoms in total. The van der Waals surface area contributed by atoms with Gasteiger partial charge in [0.05, 0.1) is 0 Å². The maximum Gasteiger partial charge on any atom is 0.313 e. The number of nitrogens with zero attached hydrogens (tertiary/aromatic N) is 1. The Labute approximate surface area is 164 Å². The van der Waals surface area contributed by atoms with E-state index in [0.717, 1.165) is 18.4 Å². The van der Waals surface area contributed by atoms with Crippen molar-refractivity contribution in [3.8, 4) is 5.75 Å². The number of anilines is 1. The number of hydrogen-bond acceptors (Lipinski definition) is 3. The van der Waals surface area contributed by atoms with Crippen molar-refractivity contribution in [1.29, 1.82) is 0 Å². The Morgan fingerprint density at radius 2 is 1.70 bits per heavy atom. The molecule has 142 valence electrons. The summed E-state index contributed by atoms with van der Waals surface area (Å²) in [4.78, 5) is 26.0. The summed E-state index contributed by atoms with van der Waals surface area (Å²) in [5.41, 5.74) is 1.58. The molecule has 6 heteroatoms. The molecule has 0 aromatic heterocycles. The highest BCUT2D eigenvalue weighted by atomic mass is 35.5. The van der Waals surface area contributed by atoms with Crippen molar-refractivity contribution in [1.82, 2.24) is 4.90 Å². The summed E-state index contributed by atoms with van der Waals surface area (Å²) in [6.07, 6.45) is 1.89. The zero-order valence-electron chi connectivity index (χ0n) is 15.3. The highest BCUT2D eigenvalue weighted by Gasteiger charge is 2.25. The van der Waals surface area contributed by atoms with Crippen LogP contribution in [0.15, 0.2) is 48.5 Å². The van der Waals surface area contributed by atoms with Crippen LogP contribution in [0, 0.1) is 5.92 Å². The molecule has 1 aliphatic rings. The molecule has 1 N–H and O–H groups in total. The van der Waals surface area contributed by atoms with Gasteiger partial charge < -0.3 is 15.0 Å². The first-order chi connectivity index (χ1) is 13.0. The molecule has 2 aromatic carbocycles. The number of rotatable bonds is 4. The average molecular weight is 387 g/mol. The van der Waals surface area contributed by atoms with E-state index in [0.29, 0.717) is 42.1 Å². The van der Waals surface area contributed by atoms with Crippen LogP contribution in [-0.4, -0.2) is 29.8 Å². The smallest absolute Gasteiger partial charge is 0.313 e. The van der Waals surface area contributed by atoms with Gasteiger partial charge in [0.1, 0.15) is 12.4 Å². The van der Waals surface area contributed by atoms with Crippen molar-refractivity contribution in [3.63, 3.8) is 0 Å². The fraction of sp³-hybridized carbons (Fsp3) is 0.333. The van der Waals surface area contributed by atoms with Crippen LogP contribution in [0.5, 0.6) is 5.75 Å². The van der Waals surface area contributed by atoms with E-state index < -0.39 is 11.8 Å². The number of piperidine rings is 1. The van der Waals surface area contributed by atoms with Gasteiger partial charge in [0.15, 0.2) is 0 Å². The topological polar surface area (TPSA) is 58.6 Å². The number of amides is 2. The Morgan fingerprint density at radius 3 is 2.33 bits per heavy atom. The summed E-state index contributed by atoms with van der Waals surface area (Å²) >= 11 is 5.86. The molecule has 1 fully saturated rings. The predicted octanol–water partition coefficient (Wildman–Crippen LogP) is 4.12. The lowest BCUT2D eigenvalue weighted by Crippen LogP contribution is -2.43. The number of benzene rings is 2. The summed E-state index contributed by atoms with van der Waals surface area (Å²) in [5.74, 6) is 0.223. The molecular weight excluding hydrogens is 364 g/mol. The second-order valence-corrected chi connectivity index (χ2v) is 7.30. The summed E-state index contributed by atoms with van der Waals surface area (Å²) < 4.78 is 5.71.